The Hall–Kier alpha value is -3.74. The van der Waals surface area contributed by atoms with Gasteiger partial charge in [0.1, 0.15) is 26.6 Å². The van der Waals surface area contributed by atoms with Crippen LogP contribution in [-0.4, -0.2) is 59.3 Å². The predicted molar refractivity (Wildman–Crippen MR) is 176 cm³/mol. The van der Waals surface area contributed by atoms with Crippen LogP contribution in [0.4, 0.5) is 0 Å². The van der Waals surface area contributed by atoms with Crippen LogP contribution in [0.15, 0.2) is 66.9 Å². The molecule has 9 nitrogen and oxygen atoms in total. The highest BCUT2D eigenvalue weighted by Gasteiger charge is 2.64. The maximum absolute atomic E-state index is 13.8. The second kappa shape index (κ2) is 10.2. The normalized spacial score (nSPS) is 23.8. The SMILES string of the molecule is COc1cc(C(=O)N2CC3N[C@]3(I)C2N)cc2nc3n(c12)Cc1cccc(c1)/C=C\CCCCn1c-3cc2cccnc21. The molecule has 2 aromatic carbocycles. The summed E-state index contributed by atoms with van der Waals surface area (Å²) in [6, 6.07) is 18.8. The van der Waals surface area contributed by atoms with E-state index in [1.807, 2.05) is 24.4 Å². The number of methoxy groups -OCH3 is 1. The number of aryl methyl sites for hydroxylation is 1. The number of piperazine rings is 1. The number of carbonyl (C=O) groups excluding carboxylic acids is 1. The van der Waals surface area contributed by atoms with Crippen molar-refractivity contribution in [3.63, 3.8) is 0 Å². The van der Waals surface area contributed by atoms with Crippen molar-refractivity contribution in [2.75, 3.05) is 13.7 Å². The molecule has 8 rings (SSSR count). The van der Waals surface area contributed by atoms with Crippen molar-refractivity contribution in [3.8, 4) is 17.3 Å². The van der Waals surface area contributed by atoms with E-state index in [0.29, 0.717) is 29.9 Å². The van der Waals surface area contributed by atoms with Crippen LogP contribution in [0, 0.1) is 0 Å². The number of likely N-dealkylation sites (tertiary alicyclic amines) is 1. The number of amides is 1. The number of alkyl halides is 1. The molecule has 6 heterocycles. The number of nitrogens with zero attached hydrogens (tertiary/aromatic N) is 5. The molecule has 1 amide bonds. The summed E-state index contributed by atoms with van der Waals surface area (Å²) >= 11 is 2.33. The fourth-order valence-electron chi connectivity index (χ4n) is 6.69. The van der Waals surface area contributed by atoms with E-state index in [4.69, 9.17) is 20.4 Å². The third-order valence-electron chi connectivity index (χ3n) is 8.99. The standard InChI is InChI=1S/C33H32IN7O2/c1-43-26-17-23(31(42)41-19-27-33(34,38-27)32(41)35)15-24-28(26)40-18-21-10-6-9-20(14-21)8-4-2-3-5-13-39-25(30(40)37-24)16-22-11-7-12-36-29(22)39/h4,6-12,14-17,27,32,38H,2-3,5,13,18-19,35H2,1H3/b8-4-/t27?,32?,33-/m0/s1. The average Bonchev–Trinajstić information content (AvgIpc) is 3.25. The molecule has 2 unspecified atom stereocenters. The predicted octanol–water partition coefficient (Wildman–Crippen LogP) is 5.15. The highest BCUT2D eigenvalue weighted by atomic mass is 127. The second-order valence-corrected chi connectivity index (χ2v) is 13.5. The fourth-order valence-corrected chi connectivity index (χ4v) is 7.60. The number of rotatable bonds is 2. The minimum absolute atomic E-state index is 0.106. The number of pyridine rings is 1. The molecule has 5 aromatic rings. The van der Waals surface area contributed by atoms with Crippen LogP contribution in [0.3, 0.4) is 0 Å². The maximum Gasteiger partial charge on any atom is 0.255 e. The number of hydrogen-bond donors (Lipinski definition) is 2. The van der Waals surface area contributed by atoms with E-state index in [0.717, 1.165) is 59.4 Å². The van der Waals surface area contributed by atoms with E-state index in [9.17, 15) is 4.79 Å². The van der Waals surface area contributed by atoms with E-state index in [2.05, 4.69) is 85.6 Å². The fraction of sp³-hybridized carbons (Fsp3) is 0.303. The molecule has 2 bridgehead atoms. The molecule has 2 fully saturated rings. The Morgan fingerprint density at radius 3 is 2.88 bits per heavy atom. The Morgan fingerprint density at radius 1 is 1.14 bits per heavy atom. The zero-order valence-electron chi connectivity index (χ0n) is 23.8. The number of allylic oxidation sites excluding steroid dienone is 1. The van der Waals surface area contributed by atoms with Crippen LogP contribution in [0.2, 0.25) is 0 Å². The van der Waals surface area contributed by atoms with Gasteiger partial charge in [0, 0.05) is 36.8 Å². The van der Waals surface area contributed by atoms with Gasteiger partial charge in [-0.1, -0.05) is 52.9 Å². The number of ether oxygens (including phenoxy) is 1. The summed E-state index contributed by atoms with van der Waals surface area (Å²) in [4.78, 5) is 25.6. The van der Waals surface area contributed by atoms with E-state index in [-0.39, 0.29) is 15.5 Å². The summed E-state index contributed by atoms with van der Waals surface area (Å²) in [5.41, 5.74) is 12.9. The molecule has 43 heavy (non-hydrogen) atoms. The lowest BCUT2D eigenvalue weighted by Gasteiger charge is -2.26. The number of nitrogens with two attached hydrogens (primary N) is 1. The van der Waals surface area contributed by atoms with Crippen molar-refractivity contribution in [1.82, 2.24) is 29.3 Å². The van der Waals surface area contributed by atoms with Crippen molar-refractivity contribution in [2.24, 2.45) is 5.73 Å². The van der Waals surface area contributed by atoms with Crippen LogP contribution >= 0.6 is 22.6 Å². The molecule has 3 aliphatic heterocycles. The van der Waals surface area contributed by atoms with E-state index < -0.39 is 6.17 Å². The molecule has 2 saturated heterocycles. The first-order chi connectivity index (χ1) is 20.9. The number of aromatic nitrogens is 4. The van der Waals surface area contributed by atoms with Crippen molar-refractivity contribution in [2.45, 2.75) is 48.1 Å². The minimum atomic E-state index is -0.396. The van der Waals surface area contributed by atoms with Crippen LogP contribution < -0.4 is 15.8 Å². The Labute approximate surface area is 262 Å². The van der Waals surface area contributed by atoms with Gasteiger partial charge in [-0.15, -0.1) is 0 Å². The van der Waals surface area contributed by atoms with E-state index in [1.165, 1.54) is 5.56 Å². The van der Waals surface area contributed by atoms with Gasteiger partial charge in [-0.05, 0) is 66.8 Å². The van der Waals surface area contributed by atoms with Crippen molar-refractivity contribution >= 4 is 56.6 Å². The van der Waals surface area contributed by atoms with Crippen LogP contribution in [0.25, 0.3) is 39.7 Å². The zero-order valence-corrected chi connectivity index (χ0v) is 26.0. The molecule has 0 aliphatic carbocycles. The molecular formula is C33H32IN7O2. The summed E-state index contributed by atoms with van der Waals surface area (Å²) in [5.74, 6) is 1.33. The molecule has 0 spiro atoms. The van der Waals surface area contributed by atoms with Crippen LogP contribution in [0.1, 0.15) is 40.7 Å². The number of fused-ring (bicyclic) bond motifs is 10. The molecule has 3 atom stereocenters. The van der Waals surface area contributed by atoms with Gasteiger partial charge >= 0.3 is 0 Å². The molecule has 218 valence electrons. The van der Waals surface area contributed by atoms with Gasteiger partial charge in [-0.25, -0.2) is 9.97 Å². The lowest BCUT2D eigenvalue weighted by molar-refractivity contribution is 0.0717. The molecule has 3 N–H and O–H groups in total. The van der Waals surface area contributed by atoms with E-state index >= 15 is 0 Å². The molecule has 3 aliphatic rings. The van der Waals surface area contributed by atoms with Gasteiger partial charge in [0.05, 0.1) is 24.4 Å². The Bertz CT molecular complexity index is 1940. The second-order valence-electron chi connectivity index (χ2n) is 11.7. The summed E-state index contributed by atoms with van der Waals surface area (Å²) in [5, 5.41) is 4.47. The molecule has 10 heteroatoms. The minimum Gasteiger partial charge on any atom is -0.494 e. The van der Waals surface area contributed by atoms with Crippen LogP contribution in [0.5, 0.6) is 5.75 Å². The van der Waals surface area contributed by atoms with Gasteiger partial charge in [0.15, 0.2) is 5.82 Å². The number of benzene rings is 2. The number of carbonyl (C=O) groups is 1. The lowest BCUT2D eigenvalue weighted by atomic mass is 10.1. The number of halogens is 1. The Balaban J connectivity index is 1.33. The van der Waals surface area contributed by atoms with Crippen molar-refractivity contribution in [3.05, 3.63) is 83.6 Å². The molecular weight excluding hydrogens is 653 g/mol. The third-order valence-corrected chi connectivity index (χ3v) is 10.7. The highest BCUT2D eigenvalue weighted by Crippen LogP contribution is 2.45. The van der Waals surface area contributed by atoms with Gasteiger partial charge in [-0.3, -0.25) is 10.1 Å². The smallest absolute Gasteiger partial charge is 0.255 e. The monoisotopic (exact) mass is 685 g/mol. The molecule has 0 radical (unpaired) electrons. The number of hydrogen-bond acceptors (Lipinski definition) is 6. The Kier molecular flexibility index (Phi) is 6.35. The first-order valence-corrected chi connectivity index (χ1v) is 15.8. The van der Waals surface area contributed by atoms with Gasteiger partial charge < -0.3 is 24.5 Å². The zero-order chi connectivity index (χ0) is 29.3. The quantitative estimate of drug-likeness (QED) is 0.115. The maximum atomic E-state index is 13.8. The van der Waals surface area contributed by atoms with E-state index in [1.54, 1.807) is 12.0 Å². The van der Waals surface area contributed by atoms with Gasteiger partial charge in [0.2, 0.25) is 0 Å². The third kappa shape index (κ3) is 4.37. The highest BCUT2D eigenvalue weighted by molar-refractivity contribution is 14.1. The number of imidazole rings is 1. The Morgan fingerprint density at radius 2 is 2.05 bits per heavy atom. The van der Waals surface area contributed by atoms with Crippen molar-refractivity contribution < 1.29 is 9.53 Å². The summed E-state index contributed by atoms with van der Waals surface area (Å²) in [6.07, 6.45) is 9.04. The largest absolute Gasteiger partial charge is 0.494 e. The summed E-state index contributed by atoms with van der Waals surface area (Å²) < 4.78 is 10.3. The first kappa shape index (κ1) is 26.9. The lowest BCUT2D eigenvalue weighted by Crippen LogP contribution is -2.50. The number of nitrogens with one attached hydrogen (secondary N) is 1. The average molecular weight is 686 g/mol. The molecule has 3 aromatic heterocycles. The van der Waals surface area contributed by atoms with Crippen molar-refractivity contribution in [1.29, 1.82) is 0 Å². The van der Waals surface area contributed by atoms with Gasteiger partial charge in [0.25, 0.3) is 5.91 Å². The first-order valence-electron chi connectivity index (χ1n) is 14.8. The molecule has 0 saturated carbocycles. The topological polar surface area (TPSA) is 113 Å². The van der Waals surface area contributed by atoms with Gasteiger partial charge in [-0.2, -0.15) is 0 Å². The summed E-state index contributed by atoms with van der Waals surface area (Å²) in [6.45, 7) is 2.01. The van der Waals surface area contributed by atoms with Crippen LogP contribution in [-0.2, 0) is 13.1 Å². The summed E-state index contributed by atoms with van der Waals surface area (Å²) in [7, 11) is 1.65.